The second kappa shape index (κ2) is 5.57. The number of ether oxygens (including phenoxy) is 1. The first-order chi connectivity index (χ1) is 8.19. The van der Waals surface area contributed by atoms with E-state index in [4.69, 9.17) is 4.74 Å². The van der Waals surface area contributed by atoms with Gasteiger partial charge in [-0.15, -0.1) is 0 Å². The quantitative estimate of drug-likeness (QED) is 0.879. The molecule has 1 aromatic heterocycles. The second-order valence-corrected chi connectivity index (χ2v) is 4.85. The Kier molecular flexibility index (Phi) is 4.09. The van der Waals surface area contributed by atoms with E-state index in [0.29, 0.717) is 18.7 Å². The van der Waals surface area contributed by atoms with Crippen LogP contribution in [-0.2, 0) is 9.53 Å². The van der Waals surface area contributed by atoms with Crippen molar-refractivity contribution in [2.24, 2.45) is 0 Å². The zero-order chi connectivity index (χ0) is 12.3. The van der Waals surface area contributed by atoms with Gasteiger partial charge in [-0.1, -0.05) is 0 Å². The molecule has 17 heavy (non-hydrogen) atoms. The van der Waals surface area contributed by atoms with Crippen molar-refractivity contribution in [1.82, 2.24) is 10.3 Å². The van der Waals surface area contributed by atoms with Gasteiger partial charge in [0.1, 0.15) is 0 Å². The summed E-state index contributed by atoms with van der Waals surface area (Å²) in [6.07, 6.45) is 4.10. The van der Waals surface area contributed by atoms with E-state index in [1.54, 1.807) is 19.5 Å². The van der Waals surface area contributed by atoms with Crippen molar-refractivity contribution in [2.75, 3.05) is 19.0 Å². The average Bonchev–Trinajstić information content (AvgIpc) is 2.77. The van der Waals surface area contributed by atoms with Crippen LogP contribution in [0.4, 0.5) is 5.69 Å². The molecule has 0 spiro atoms. The van der Waals surface area contributed by atoms with Crippen LogP contribution in [0.15, 0.2) is 22.9 Å². The third kappa shape index (κ3) is 3.24. The van der Waals surface area contributed by atoms with Crippen LogP contribution >= 0.6 is 15.9 Å². The van der Waals surface area contributed by atoms with E-state index in [1.807, 2.05) is 6.07 Å². The van der Waals surface area contributed by atoms with Gasteiger partial charge in [0.25, 0.3) is 0 Å². The van der Waals surface area contributed by atoms with Crippen LogP contribution in [0.5, 0.6) is 0 Å². The van der Waals surface area contributed by atoms with Gasteiger partial charge in [0.2, 0.25) is 5.91 Å². The maximum Gasteiger partial charge on any atom is 0.241 e. The van der Waals surface area contributed by atoms with Crippen molar-refractivity contribution < 1.29 is 9.53 Å². The first kappa shape index (κ1) is 12.5. The normalized spacial score (nSPS) is 23.6. The largest absolute Gasteiger partial charge is 0.380 e. The van der Waals surface area contributed by atoms with Gasteiger partial charge in [0, 0.05) is 24.3 Å². The van der Waals surface area contributed by atoms with Crippen molar-refractivity contribution in [3.63, 3.8) is 0 Å². The maximum atomic E-state index is 11.9. The summed E-state index contributed by atoms with van der Waals surface area (Å²) >= 11 is 3.31. The predicted octanol–water partition coefficient (Wildman–Crippen LogP) is 1.16. The van der Waals surface area contributed by atoms with E-state index in [1.165, 1.54) is 0 Å². The van der Waals surface area contributed by atoms with Gasteiger partial charge in [0.15, 0.2) is 0 Å². The summed E-state index contributed by atoms with van der Waals surface area (Å²) in [5, 5.41) is 5.94. The van der Waals surface area contributed by atoms with Gasteiger partial charge in [-0.25, -0.2) is 0 Å². The molecule has 1 aliphatic heterocycles. The highest BCUT2D eigenvalue weighted by Crippen LogP contribution is 2.16. The number of hydrogen-bond acceptors (Lipinski definition) is 4. The molecule has 1 fully saturated rings. The van der Waals surface area contributed by atoms with Crippen molar-refractivity contribution >= 4 is 27.5 Å². The fraction of sp³-hybridized carbons (Fsp3) is 0.455. The molecule has 2 heterocycles. The van der Waals surface area contributed by atoms with E-state index in [-0.39, 0.29) is 18.1 Å². The molecule has 5 nitrogen and oxygen atoms in total. The van der Waals surface area contributed by atoms with Gasteiger partial charge in [-0.2, -0.15) is 0 Å². The monoisotopic (exact) mass is 299 g/mol. The molecule has 92 valence electrons. The summed E-state index contributed by atoms with van der Waals surface area (Å²) in [5.74, 6) is -0.0514. The first-order valence-electron chi connectivity index (χ1n) is 5.36. The number of amides is 1. The lowest BCUT2D eigenvalue weighted by Gasteiger charge is -2.11. The Hall–Kier alpha value is -0.980. The number of carbonyl (C=O) groups excluding carboxylic acids is 1. The van der Waals surface area contributed by atoms with Crippen LogP contribution in [0, 0.1) is 0 Å². The number of pyridine rings is 1. The Balaban J connectivity index is 1.93. The van der Waals surface area contributed by atoms with Crippen LogP contribution in [0.2, 0.25) is 0 Å². The average molecular weight is 300 g/mol. The number of hydrogen-bond donors (Lipinski definition) is 2. The first-order valence-corrected chi connectivity index (χ1v) is 6.16. The molecule has 0 aromatic carbocycles. The van der Waals surface area contributed by atoms with Crippen LogP contribution in [-0.4, -0.2) is 36.7 Å². The third-order valence-electron chi connectivity index (χ3n) is 2.71. The lowest BCUT2D eigenvalue weighted by atomic mass is 10.2. The molecular weight excluding hydrogens is 286 g/mol. The van der Waals surface area contributed by atoms with Crippen molar-refractivity contribution in [3.8, 4) is 0 Å². The second-order valence-electron chi connectivity index (χ2n) is 3.94. The molecule has 2 unspecified atom stereocenters. The van der Waals surface area contributed by atoms with Crippen LogP contribution in [0.3, 0.4) is 0 Å². The molecule has 2 rings (SSSR count). The standard InChI is InChI=1S/C11H14BrN3O2/c1-17-9-3-10(14-6-9)11(16)15-8-2-7(12)4-13-5-8/h2,4-5,9-10,14H,3,6H2,1H3,(H,15,16). The van der Waals surface area contributed by atoms with Crippen LogP contribution < -0.4 is 10.6 Å². The maximum absolute atomic E-state index is 11.9. The zero-order valence-electron chi connectivity index (χ0n) is 9.44. The SMILES string of the molecule is COC1CNC(C(=O)Nc2cncc(Br)c2)C1. The molecule has 0 saturated carbocycles. The molecule has 0 aliphatic carbocycles. The van der Waals surface area contributed by atoms with Gasteiger partial charge in [0.05, 0.1) is 24.0 Å². The molecule has 6 heteroatoms. The third-order valence-corrected chi connectivity index (χ3v) is 3.15. The number of rotatable bonds is 3. The highest BCUT2D eigenvalue weighted by Gasteiger charge is 2.29. The number of anilines is 1. The van der Waals surface area contributed by atoms with E-state index >= 15 is 0 Å². The number of nitrogens with one attached hydrogen (secondary N) is 2. The van der Waals surface area contributed by atoms with Gasteiger partial charge in [-0.3, -0.25) is 9.78 Å². The van der Waals surface area contributed by atoms with Gasteiger partial charge >= 0.3 is 0 Å². The fourth-order valence-electron chi connectivity index (χ4n) is 1.79. The van der Waals surface area contributed by atoms with Crippen molar-refractivity contribution in [3.05, 3.63) is 22.9 Å². The number of aromatic nitrogens is 1. The zero-order valence-corrected chi connectivity index (χ0v) is 11.0. The smallest absolute Gasteiger partial charge is 0.241 e. The fourth-order valence-corrected chi connectivity index (χ4v) is 2.16. The summed E-state index contributed by atoms with van der Waals surface area (Å²) in [5.41, 5.74) is 0.687. The topological polar surface area (TPSA) is 63.2 Å². The highest BCUT2D eigenvalue weighted by molar-refractivity contribution is 9.10. The summed E-state index contributed by atoms with van der Waals surface area (Å²) in [4.78, 5) is 15.9. The van der Waals surface area contributed by atoms with E-state index in [2.05, 4.69) is 31.5 Å². The number of halogens is 1. The minimum absolute atomic E-state index is 0.0514. The lowest BCUT2D eigenvalue weighted by Crippen LogP contribution is -2.35. The molecule has 1 saturated heterocycles. The van der Waals surface area contributed by atoms with Crippen LogP contribution in [0.1, 0.15) is 6.42 Å². The summed E-state index contributed by atoms with van der Waals surface area (Å²) in [6, 6.07) is 1.62. The summed E-state index contributed by atoms with van der Waals surface area (Å²) in [6.45, 7) is 0.714. The lowest BCUT2D eigenvalue weighted by molar-refractivity contribution is -0.118. The summed E-state index contributed by atoms with van der Waals surface area (Å²) in [7, 11) is 1.66. The minimum Gasteiger partial charge on any atom is -0.380 e. The van der Waals surface area contributed by atoms with Crippen molar-refractivity contribution in [1.29, 1.82) is 0 Å². The van der Waals surface area contributed by atoms with Crippen LogP contribution in [0.25, 0.3) is 0 Å². The Morgan fingerprint density at radius 1 is 1.65 bits per heavy atom. The number of carbonyl (C=O) groups is 1. The molecule has 0 bridgehead atoms. The molecule has 2 N–H and O–H groups in total. The Morgan fingerprint density at radius 2 is 2.47 bits per heavy atom. The number of nitrogens with zero attached hydrogens (tertiary/aromatic N) is 1. The molecule has 1 aromatic rings. The molecule has 1 aliphatic rings. The Morgan fingerprint density at radius 3 is 3.12 bits per heavy atom. The van der Waals surface area contributed by atoms with E-state index < -0.39 is 0 Å². The Bertz CT molecular complexity index is 413. The molecule has 0 radical (unpaired) electrons. The van der Waals surface area contributed by atoms with Gasteiger partial charge < -0.3 is 15.4 Å². The van der Waals surface area contributed by atoms with Crippen molar-refractivity contribution in [2.45, 2.75) is 18.6 Å². The van der Waals surface area contributed by atoms with E-state index in [9.17, 15) is 4.79 Å². The molecule has 2 atom stereocenters. The molecular formula is C11H14BrN3O2. The predicted molar refractivity (Wildman–Crippen MR) is 67.8 cm³/mol. The Labute approximate surface area is 108 Å². The summed E-state index contributed by atoms with van der Waals surface area (Å²) < 4.78 is 6.04. The van der Waals surface area contributed by atoms with Gasteiger partial charge in [-0.05, 0) is 28.4 Å². The minimum atomic E-state index is -0.195. The number of methoxy groups -OCH3 is 1. The highest BCUT2D eigenvalue weighted by atomic mass is 79.9. The molecule has 1 amide bonds. The van der Waals surface area contributed by atoms with E-state index in [0.717, 1.165) is 4.47 Å².